The summed E-state index contributed by atoms with van der Waals surface area (Å²) in [5.74, 6) is 0.819. The van der Waals surface area contributed by atoms with E-state index in [2.05, 4.69) is 22.2 Å². The standard InChI is InChI=1S/C14H19N3O/c1-3-4-7-15-9-11-5-6-13(17-11)14-8-12(18-2)10-16-14/h5-6,8-10,15-16H,3-4,7H2,1-2H3. The lowest BCUT2D eigenvalue weighted by Gasteiger charge is -1.98. The van der Waals surface area contributed by atoms with Gasteiger partial charge in [0.15, 0.2) is 0 Å². The molecule has 4 heteroatoms. The highest BCUT2D eigenvalue weighted by Gasteiger charge is 2.09. The normalized spacial score (nSPS) is 16.1. The van der Waals surface area contributed by atoms with Gasteiger partial charge in [0.25, 0.3) is 0 Å². The summed E-state index contributed by atoms with van der Waals surface area (Å²) in [5, 5.41) is 3.26. The molecule has 1 aromatic rings. The maximum absolute atomic E-state index is 5.14. The first-order valence-electron chi connectivity index (χ1n) is 6.26. The van der Waals surface area contributed by atoms with Gasteiger partial charge < -0.3 is 15.0 Å². The fourth-order valence-electron chi connectivity index (χ4n) is 1.70. The number of nitrogens with one attached hydrogen (secondary N) is 2. The van der Waals surface area contributed by atoms with E-state index in [0.717, 1.165) is 29.4 Å². The summed E-state index contributed by atoms with van der Waals surface area (Å²) in [6.07, 6.45) is 10.2. The number of ether oxygens (including phenoxy) is 1. The molecule has 0 bridgehead atoms. The third-order valence-electron chi connectivity index (χ3n) is 2.75. The number of methoxy groups -OCH3 is 1. The van der Waals surface area contributed by atoms with Gasteiger partial charge >= 0.3 is 0 Å². The van der Waals surface area contributed by atoms with Crippen molar-refractivity contribution in [3.8, 4) is 5.75 Å². The van der Waals surface area contributed by atoms with Crippen molar-refractivity contribution in [2.75, 3.05) is 13.7 Å². The van der Waals surface area contributed by atoms with Crippen LogP contribution in [0, 0.1) is 0 Å². The summed E-state index contributed by atoms with van der Waals surface area (Å²) in [5.41, 5.74) is 2.86. The van der Waals surface area contributed by atoms with Crippen molar-refractivity contribution in [1.82, 2.24) is 10.3 Å². The van der Waals surface area contributed by atoms with Crippen LogP contribution in [0.2, 0.25) is 0 Å². The molecule has 0 aromatic carbocycles. The molecule has 2 heterocycles. The highest BCUT2D eigenvalue weighted by atomic mass is 16.5. The van der Waals surface area contributed by atoms with E-state index in [1.54, 1.807) is 7.11 Å². The predicted octanol–water partition coefficient (Wildman–Crippen LogP) is 2.61. The molecule has 0 spiro atoms. The van der Waals surface area contributed by atoms with Crippen molar-refractivity contribution in [2.45, 2.75) is 19.8 Å². The van der Waals surface area contributed by atoms with E-state index in [1.165, 1.54) is 12.8 Å². The lowest BCUT2D eigenvalue weighted by Crippen LogP contribution is -2.06. The molecule has 2 rings (SSSR count). The quantitative estimate of drug-likeness (QED) is 0.757. The first-order valence-corrected chi connectivity index (χ1v) is 6.26. The van der Waals surface area contributed by atoms with E-state index in [1.807, 2.05) is 30.6 Å². The van der Waals surface area contributed by atoms with Gasteiger partial charge in [-0.15, -0.1) is 0 Å². The van der Waals surface area contributed by atoms with Gasteiger partial charge in [0.2, 0.25) is 0 Å². The van der Waals surface area contributed by atoms with E-state index >= 15 is 0 Å². The maximum atomic E-state index is 5.14. The number of aromatic nitrogens is 1. The predicted molar refractivity (Wildman–Crippen MR) is 74.0 cm³/mol. The average molecular weight is 245 g/mol. The zero-order valence-electron chi connectivity index (χ0n) is 10.9. The smallest absolute Gasteiger partial charge is 0.136 e. The largest absolute Gasteiger partial charge is 0.495 e. The number of H-pyrrole nitrogens is 1. The van der Waals surface area contributed by atoms with Crippen LogP contribution < -0.4 is 10.1 Å². The van der Waals surface area contributed by atoms with Crippen LogP contribution in [-0.2, 0) is 0 Å². The minimum absolute atomic E-state index is 0.819. The second kappa shape index (κ2) is 6.10. The number of aromatic amines is 1. The monoisotopic (exact) mass is 245 g/mol. The number of unbranched alkanes of at least 4 members (excludes halogenated alkanes) is 1. The maximum Gasteiger partial charge on any atom is 0.136 e. The molecule has 18 heavy (non-hydrogen) atoms. The van der Waals surface area contributed by atoms with E-state index in [0.29, 0.717) is 0 Å². The average Bonchev–Trinajstić information content (AvgIpc) is 3.03. The molecule has 2 N–H and O–H groups in total. The molecule has 1 aliphatic heterocycles. The molecule has 0 aliphatic carbocycles. The molecular formula is C14H19N3O. The molecule has 96 valence electrons. The summed E-state index contributed by atoms with van der Waals surface area (Å²) in [4.78, 5) is 7.66. The van der Waals surface area contributed by atoms with Crippen LogP contribution in [0.3, 0.4) is 0 Å². The highest BCUT2D eigenvalue weighted by molar-refractivity contribution is 6.10. The first kappa shape index (κ1) is 12.5. The van der Waals surface area contributed by atoms with Crippen LogP contribution in [0.4, 0.5) is 0 Å². The number of nitrogens with zero attached hydrogens (tertiary/aromatic N) is 1. The van der Waals surface area contributed by atoms with Crippen molar-refractivity contribution < 1.29 is 4.74 Å². The summed E-state index contributed by atoms with van der Waals surface area (Å²) in [7, 11) is 1.65. The molecular weight excluding hydrogens is 226 g/mol. The Bertz CT molecular complexity index is 483. The van der Waals surface area contributed by atoms with Crippen LogP contribution in [-0.4, -0.2) is 24.4 Å². The lowest BCUT2D eigenvalue weighted by atomic mass is 10.3. The zero-order valence-corrected chi connectivity index (χ0v) is 10.9. The lowest BCUT2D eigenvalue weighted by molar-refractivity contribution is 0.415. The Balaban J connectivity index is 1.98. The van der Waals surface area contributed by atoms with E-state index in [-0.39, 0.29) is 0 Å². The van der Waals surface area contributed by atoms with Crippen molar-refractivity contribution in [3.63, 3.8) is 0 Å². The Kier molecular flexibility index (Phi) is 4.23. The fourth-order valence-corrected chi connectivity index (χ4v) is 1.70. The molecule has 0 atom stereocenters. The number of hydrogen-bond donors (Lipinski definition) is 2. The zero-order chi connectivity index (χ0) is 12.8. The molecule has 0 radical (unpaired) electrons. The van der Waals surface area contributed by atoms with Gasteiger partial charge in [0.05, 0.1) is 24.2 Å². The second-order valence-corrected chi connectivity index (χ2v) is 4.16. The Morgan fingerprint density at radius 2 is 2.33 bits per heavy atom. The third-order valence-corrected chi connectivity index (χ3v) is 2.75. The first-order chi connectivity index (χ1) is 8.83. The van der Waals surface area contributed by atoms with Crippen molar-refractivity contribution in [2.24, 2.45) is 4.99 Å². The van der Waals surface area contributed by atoms with Crippen molar-refractivity contribution >= 4 is 5.71 Å². The Labute approximate surface area is 107 Å². The topological polar surface area (TPSA) is 49.4 Å². The van der Waals surface area contributed by atoms with Gasteiger partial charge in [-0.05, 0) is 18.6 Å². The SMILES string of the molecule is CCCCNC=C1C=CC(c2cc(OC)c[nH]2)=N1. The summed E-state index contributed by atoms with van der Waals surface area (Å²) >= 11 is 0. The molecule has 4 nitrogen and oxygen atoms in total. The van der Waals surface area contributed by atoms with Crippen LogP contribution in [0.15, 0.2) is 41.3 Å². The Morgan fingerprint density at radius 3 is 3.06 bits per heavy atom. The summed E-state index contributed by atoms with van der Waals surface area (Å²) < 4.78 is 5.14. The summed E-state index contributed by atoms with van der Waals surface area (Å²) in [6.45, 7) is 3.17. The van der Waals surface area contributed by atoms with Gasteiger partial charge in [-0.1, -0.05) is 13.3 Å². The number of hydrogen-bond acceptors (Lipinski definition) is 3. The van der Waals surface area contributed by atoms with E-state index < -0.39 is 0 Å². The molecule has 0 saturated heterocycles. The van der Waals surface area contributed by atoms with Gasteiger partial charge in [0.1, 0.15) is 5.75 Å². The van der Waals surface area contributed by atoms with Gasteiger partial charge in [-0.3, -0.25) is 0 Å². The van der Waals surface area contributed by atoms with E-state index in [9.17, 15) is 0 Å². The van der Waals surface area contributed by atoms with Gasteiger partial charge in [-0.2, -0.15) is 0 Å². The van der Waals surface area contributed by atoms with Crippen LogP contribution in [0.25, 0.3) is 0 Å². The minimum Gasteiger partial charge on any atom is -0.495 e. The Hall–Kier alpha value is -1.97. The Morgan fingerprint density at radius 1 is 1.44 bits per heavy atom. The van der Waals surface area contributed by atoms with Gasteiger partial charge in [0, 0.05) is 25.0 Å². The molecule has 0 unspecified atom stereocenters. The van der Waals surface area contributed by atoms with Crippen molar-refractivity contribution in [3.05, 3.63) is 42.0 Å². The second-order valence-electron chi connectivity index (χ2n) is 4.16. The van der Waals surface area contributed by atoms with Crippen LogP contribution in [0.1, 0.15) is 25.5 Å². The van der Waals surface area contributed by atoms with Crippen molar-refractivity contribution in [1.29, 1.82) is 0 Å². The molecule has 0 saturated carbocycles. The molecule has 0 amide bonds. The number of aliphatic imine (C=N–C) groups is 1. The van der Waals surface area contributed by atoms with Crippen LogP contribution in [0.5, 0.6) is 5.75 Å². The number of allylic oxidation sites excluding steroid dienone is 2. The van der Waals surface area contributed by atoms with Crippen LogP contribution >= 0.6 is 0 Å². The fraction of sp³-hybridized carbons (Fsp3) is 0.357. The molecule has 1 aromatic heterocycles. The summed E-state index contributed by atoms with van der Waals surface area (Å²) in [6, 6.07) is 1.94. The highest BCUT2D eigenvalue weighted by Crippen LogP contribution is 2.17. The van der Waals surface area contributed by atoms with E-state index in [4.69, 9.17) is 4.74 Å². The van der Waals surface area contributed by atoms with Gasteiger partial charge in [-0.25, -0.2) is 4.99 Å². The molecule has 1 aliphatic rings. The third kappa shape index (κ3) is 3.03. The minimum atomic E-state index is 0.819. The number of rotatable bonds is 6. The molecule has 0 fully saturated rings.